The molecule has 0 amide bonds. The minimum absolute atomic E-state index is 0.0946. The van der Waals surface area contributed by atoms with Crippen LogP contribution in [0.25, 0.3) is 0 Å². The van der Waals surface area contributed by atoms with E-state index in [1.54, 1.807) is 0 Å². The van der Waals surface area contributed by atoms with Crippen LogP contribution in [0.4, 0.5) is 19.0 Å². The van der Waals surface area contributed by atoms with Crippen LogP contribution in [-0.4, -0.2) is 11.0 Å². The zero-order valence-corrected chi connectivity index (χ0v) is 10.2. The molecule has 0 atom stereocenters. The molecule has 0 radical (unpaired) electrons. The highest BCUT2D eigenvalue weighted by molar-refractivity contribution is 5.37. The molecule has 100 valence electrons. The number of rotatable bonds is 2. The van der Waals surface area contributed by atoms with Crippen molar-refractivity contribution in [2.24, 2.45) is 0 Å². The van der Waals surface area contributed by atoms with Crippen LogP contribution >= 0.6 is 0 Å². The van der Waals surface area contributed by atoms with Gasteiger partial charge in [-0.25, -0.2) is 8.78 Å². The summed E-state index contributed by atoms with van der Waals surface area (Å²) in [6.45, 7) is 0. The molecule has 1 aliphatic rings. The molecular weight excluding hydrogens is 241 g/mol. The van der Waals surface area contributed by atoms with Crippen LogP contribution in [0, 0.1) is 17.6 Å². The van der Waals surface area contributed by atoms with Crippen LogP contribution in [0.2, 0.25) is 0 Å². The van der Waals surface area contributed by atoms with Crippen molar-refractivity contribution in [3.63, 3.8) is 0 Å². The normalized spacial score (nSPS) is 18.2. The van der Waals surface area contributed by atoms with Crippen LogP contribution in [0.1, 0.15) is 44.9 Å². The van der Waals surface area contributed by atoms with Gasteiger partial charge in [0.05, 0.1) is 0 Å². The van der Waals surface area contributed by atoms with Crippen LogP contribution in [0.3, 0.4) is 0 Å². The maximum atomic E-state index is 13.4. The first kappa shape index (κ1) is 13.2. The van der Waals surface area contributed by atoms with Gasteiger partial charge in [-0.2, -0.15) is 9.37 Å². The first-order valence-corrected chi connectivity index (χ1v) is 6.45. The average molecular weight is 258 g/mol. The Kier molecular flexibility index (Phi) is 4.44. The van der Waals surface area contributed by atoms with E-state index in [0.717, 1.165) is 25.7 Å². The molecule has 0 aliphatic heterocycles. The zero-order chi connectivity index (χ0) is 13.0. The van der Waals surface area contributed by atoms with Crippen molar-refractivity contribution in [2.75, 3.05) is 5.32 Å². The Labute approximate surface area is 105 Å². The summed E-state index contributed by atoms with van der Waals surface area (Å²) in [7, 11) is 0. The highest BCUT2D eigenvalue weighted by Crippen LogP contribution is 2.22. The van der Waals surface area contributed by atoms with Gasteiger partial charge < -0.3 is 5.32 Å². The Morgan fingerprint density at radius 1 is 0.944 bits per heavy atom. The Balaban J connectivity index is 2.05. The van der Waals surface area contributed by atoms with E-state index in [9.17, 15) is 13.2 Å². The van der Waals surface area contributed by atoms with Gasteiger partial charge in [0.1, 0.15) is 0 Å². The minimum atomic E-state index is -1.26. The molecule has 1 N–H and O–H groups in total. The molecule has 1 saturated carbocycles. The van der Waals surface area contributed by atoms with E-state index in [2.05, 4.69) is 10.3 Å². The average Bonchev–Trinajstić information content (AvgIpc) is 2.29. The number of pyridine rings is 1. The van der Waals surface area contributed by atoms with Gasteiger partial charge in [0.25, 0.3) is 5.95 Å². The Bertz CT molecular complexity index is 401. The molecule has 1 fully saturated rings. The molecule has 5 heteroatoms. The van der Waals surface area contributed by atoms with Crippen molar-refractivity contribution in [1.29, 1.82) is 0 Å². The largest absolute Gasteiger partial charge is 0.365 e. The number of aromatic nitrogens is 1. The van der Waals surface area contributed by atoms with Gasteiger partial charge in [-0.1, -0.05) is 32.1 Å². The molecule has 1 aromatic rings. The highest BCUT2D eigenvalue weighted by Gasteiger charge is 2.16. The molecule has 18 heavy (non-hydrogen) atoms. The van der Waals surface area contributed by atoms with E-state index in [-0.39, 0.29) is 11.9 Å². The lowest BCUT2D eigenvalue weighted by molar-refractivity contribution is 0.453. The summed E-state index contributed by atoms with van der Waals surface area (Å²) >= 11 is 0. The van der Waals surface area contributed by atoms with E-state index in [1.165, 1.54) is 19.3 Å². The molecule has 2 nitrogen and oxygen atoms in total. The number of anilines is 1. The van der Waals surface area contributed by atoms with E-state index >= 15 is 0 Å². The Morgan fingerprint density at radius 2 is 1.56 bits per heavy atom. The molecule has 0 bridgehead atoms. The van der Waals surface area contributed by atoms with Crippen LogP contribution < -0.4 is 5.32 Å². The molecular formula is C13H17F3N2. The van der Waals surface area contributed by atoms with E-state index in [4.69, 9.17) is 0 Å². The summed E-state index contributed by atoms with van der Waals surface area (Å²) in [6, 6.07) is 0.630. The maximum Gasteiger partial charge on any atom is 0.251 e. The molecule has 1 heterocycles. The van der Waals surface area contributed by atoms with Crippen molar-refractivity contribution >= 4 is 5.82 Å². The first-order chi connectivity index (χ1) is 8.66. The fourth-order valence-corrected chi connectivity index (χ4v) is 2.34. The SMILES string of the molecule is Fc1cc(F)c(NC2CCCCCCC2)nc1F. The van der Waals surface area contributed by atoms with Gasteiger partial charge in [0.2, 0.25) is 0 Å². The fourth-order valence-electron chi connectivity index (χ4n) is 2.34. The third-order valence-electron chi connectivity index (χ3n) is 3.33. The summed E-state index contributed by atoms with van der Waals surface area (Å²) in [6.07, 6.45) is 7.56. The lowest BCUT2D eigenvalue weighted by Crippen LogP contribution is -2.22. The number of nitrogens with one attached hydrogen (secondary N) is 1. The lowest BCUT2D eigenvalue weighted by atomic mass is 9.97. The van der Waals surface area contributed by atoms with Crippen LogP contribution in [0.5, 0.6) is 0 Å². The van der Waals surface area contributed by atoms with Crippen LogP contribution in [0.15, 0.2) is 6.07 Å². The molecule has 0 unspecified atom stereocenters. The van der Waals surface area contributed by atoms with E-state index in [1.807, 2.05) is 0 Å². The van der Waals surface area contributed by atoms with Crippen molar-refractivity contribution in [3.8, 4) is 0 Å². The second-order valence-electron chi connectivity index (χ2n) is 4.78. The van der Waals surface area contributed by atoms with Gasteiger partial charge in [0.15, 0.2) is 17.5 Å². The molecule has 0 spiro atoms. The second-order valence-corrected chi connectivity index (χ2v) is 4.78. The summed E-state index contributed by atoms with van der Waals surface area (Å²) < 4.78 is 39.2. The monoisotopic (exact) mass is 258 g/mol. The van der Waals surface area contributed by atoms with Gasteiger partial charge >= 0.3 is 0 Å². The first-order valence-electron chi connectivity index (χ1n) is 6.45. The number of nitrogens with zero attached hydrogens (tertiary/aromatic N) is 1. The van der Waals surface area contributed by atoms with Crippen molar-refractivity contribution in [2.45, 2.75) is 51.0 Å². The molecule has 2 rings (SSSR count). The quantitative estimate of drug-likeness (QED) is 0.810. The predicted octanol–water partition coefficient (Wildman–Crippen LogP) is 4.02. The second kappa shape index (κ2) is 6.07. The lowest BCUT2D eigenvalue weighted by Gasteiger charge is -2.21. The third-order valence-corrected chi connectivity index (χ3v) is 3.33. The molecule has 0 aromatic carbocycles. The zero-order valence-electron chi connectivity index (χ0n) is 10.2. The highest BCUT2D eigenvalue weighted by atomic mass is 19.2. The van der Waals surface area contributed by atoms with Gasteiger partial charge in [-0.3, -0.25) is 0 Å². The molecule has 1 aromatic heterocycles. The molecule has 1 aliphatic carbocycles. The predicted molar refractivity (Wildman–Crippen MR) is 63.8 cm³/mol. The summed E-state index contributed by atoms with van der Waals surface area (Å²) in [5, 5.41) is 2.89. The van der Waals surface area contributed by atoms with Crippen LogP contribution in [-0.2, 0) is 0 Å². The number of halogens is 3. The van der Waals surface area contributed by atoms with Gasteiger partial charge in [-0.15, -0.1) is 0 Å². The Morgan fingerprint density at radius 3 is 2.22 bits per heavy atom. The summed E-state index contributed by atoms with van der Waals surface area (Å²) in [5.74, 6) is -3.53. The fraction of sp³-hybridized carbons (Fsp3) is 0.615. The Hall–Kier alpha value is -1.26. The summed E-state index contributed by atoms with van der Waals surface area (Å²) in [5.41, 5.74) is 0. The summed E-state index contributed by atoms with van der Waals surface area (Å²) in [4.78, 5) is 3.29. The minimum Gasteiger partial charge on any atom is -0.365 e. The topological polar surface area (TPSA) is 24.9 Å². The van der Waals surface area contributed by atoms with Crippen molar-refractivity contribution in [3.05, 3.63) is 23.6 Å². The van der Waals surface area contributed by atoms with E-state index in [0.29, 0.717) is 6.07 Å². The maximum absolute atomic E-state index is 13.4. The number of hydrogen-bond acceptors (Lipinski definition) is 2. The standard InChI is InChI=1S/C13H17F3N2/c14-10-8-11(15)13(18-12(10)16)17-9-6-4-2-1-3-5-7-9/h8-9H,1-7H2,(H,17,18). The van der Waals surface area contributed by atoms with Gasteiger partial charge in [0, 0.05) is 12.1 Å². The molecule has 0 saturated heterocycles. The number of hydrogen-bond donors (Lipinski definition) is 1. The van der Waals surface area contributed by atoms with Gasteiger partial charge in [-0.05, 0) is 12.8 Å². The van der Waals surface area contributed by atoms with Crippen molar-refractivity contribution < 1.29 is 13.2 Å². The third kappa shape index (κ3) is 3.37. The van der Waals surface area contributed by atoms with E-state index < -0.39 is 17.6 Å². The smallest absolute Gasteiger partial charge is 0.251 e. The van der Waals surface area contributed by atoms with Crippen molar-refractivity contribution in [1.82, 2.24) is 4.98 Å².